The van der Waals surface area contributed by atoms with Crippen molar-refractivity contribution >= 4 is 11.2 Å². The number of rotatable bonds is 3. The van der Waals surface area contributed by atoms with Crippen LogP contribution in [0.5, 0.6) is 5.75 Å². The molecule has 3 rings (SSSR count). The van der Waals surface area contributed by atoms with Crippen LogP contribution in [0.3, 0.4) is 0 Å². The minimum Gasteiger partial charge on any atom is -0.508 e. The average Bonchev–Trinajstić information content (AvgIpc) is 2.78. The van der Waals surface area contributed by atoms with Crippen LogP contribution in [0.1, 0.15) is 19.2 Å². The minimum absolute atomic E-state index is 0.262. The molecule has 2 heterocycles. The second-order valence-electron chi connectivity index (χ2n) is 4.48. The van der Waals surface area contributed by atoms with E-state index in [4.69, 9.17) is 0 Å². The molecule has 1 aromatic carbocycles. The Balaban J connectivity index is 2.24. The van der Waals surface area contributed by atoms with Crippen LogP contribution in [0.25, 0.3) is 16.9 Å². The number of nitrogens with zero attached hydrogens (tertiary/aromatic N) is 3. The van der Waals surface area contributed by atoms with Gasteiger partial charge in [0.05, 0.1) is 0 Å². The van der Waals surface area contributed by atoms with Gasteiger partial charge in [0.2, 0.25) is 0 Å². The predicted octanol–water partition coefficient (Wildman–Crippen LogP) is 3.08. The molecule has 4 heteroatoms. The Hall–Kier alpha value is -2.36. The zero-order valence-electron chi connectivity index (χ0n) is 10.7. The number of phenolic OH excluding ortho intramolecular Hbond substituents is 1. The van der Waals surface area contributed by atoms with Crippen molar-refractivity contribution in [1.29, 1.82) is 0 Å². The van der Waals surface area contributed by atoms with Gasteiger partial charge in [0, 0.05) is 18.3 Å². The number of aromatic nitrogens is 3. The number of aryl methyl sites for hydroxylation is 1. The summed E-state index contributed by atoms with van der Waals surface area (Å²) >= 11 is 0. The van der Waals surface area contributed by atoms with Crippen molar-refractivity contribution in [3.05, 3.63) is 48.4 Å². The first-order valence-corrected chi connectivity index (χ1v) is 6.41. The third kappa shape index (κ3) is 2.05. The lowest BCUT2D eigenvalue weighted by Gasteiger charge is -2.08. The summed E-state index contributed by atoms with van der Waals surface area (Å²) in [5.41, 5.74) is 2.73. The molecule has 0 unspecified atom stereocenters. The normalized spacial score (nSPS) is 11.0. The smallest absolute Gasteiger partial charge is 0.164 e. The highest BCUT2D eigenvalue weighted by molar-refractivity contribution is 5.73. The van der Waals surface area contributed by atoms with Gasteiger partial charge in [-0.25, -0.2) is 9.97 Å². The van der Waals surface area contributed by atoms with Crippen LogP contribution >= 0.6 is 0 Å². The van der Waals surface area contributed by atoms with Gasteiger partial charge in [-0.05, 0) is 42.8 Å². The molecule has 0 spiro atoms. The average molecular weight is 253 g/mol. The molecule has 0 saturated carbocycles. The van der Waals surface area contributed by atoms with Crippen molar-refractivity contribution in [3.63, 3.8) is 0 Å². The zero-order chi connectivity index (χ0) is 13.2. The van der Waals surface area contributed by atoms with E-state index in [1.54, 1.807) is 18.3 Å². The van der Waals surface area contributed by atoms with E-state index in [1.165, 1.54) is 0 Å². The van der Waals surface area contributed by atoms with E-state index in [0.717, 1.165) is 35.5 Å². The Labute approximate surface area is 111 Å². The molecule has 0 radical (unpaired) electrons. The molecule has 1 N–H and O–H groups in total. The largest absolute Gasteiger partial charge is 0.508 e. The maximum absolute atomic E-state index is 9.40. The highest BCUT2D eigenvalue weighted by Crippen LogP contribution is 2.22. The molecule has 0 aliphatic rings. The molecule has 96 valence electrons. The summed E-state index contributed by atoms with van der Waals surface area (Å²) in [6, 6.07) is 11.0. The van der Waals surface area contributed by atoms with Gasteiger partial charge < -0.3 is 5.11 Å². The molecule has 0 aliphatic carbocycles. The lowest BCUT2D eigenvalue weighted by Crippen LogP contribution is -2.01. The summed E-state index contributed by atoms with van der Waals surface area (Å²) in [7, 11) is 0. The first kappa shape index (κ1) is 11.7. The fourth-order valence-electron chi connectivity index (χ4n) is 2.22. The van der Waals surface area contributed by atoms with Gasteiger partial charge >= 0.3 is 0 Å². The number of fused-ring (bicyclic) bond motifs is 1. The van der Waals surface area contributed by atoms with Crippen LogP contribution in [0.2, 0.25) is 0 Å². The third-order valence-corrected chi connectivity index (χ3v) is 3.07. The SMILES string of the molecule is CCCc1nc2cccnc2n1-c1ccc(O)cc1. The Morgan fingerprint density at radius 1 is 1.16 bits per heavy atom. The summed E-state index contributed by atoms with van der Waals surface area (Å²) < 4.78 is 2.05. The summed E-state index contributed by atoms with van der Waals surface area (Å²) in [6.07, 6.45) is 3.70. The van der Waals surface area contributed by atoms with Gasteiger partial charge in [0.15, 0.2) is 5.65 Å². The number of benzene rings is 1. The number of pyridine rings is 1. The van der Waals surface area contributed by atoms with Gasteiger partial charge in [0.25, 0.3) is 0 Å². The molecule has 0 aliphatic heterocycles. The third-order valence-electron chi connectivity index (χ3n) is 3.07. The predicted molar refractivity (Wildman–Crippen MR) is 74.5 cm³/mol. The van der Waals surface area contributed by atoms with Crippen LogP contribution in [0.15, 0.2) is 42.6 Å². The van der Waals surface area contributed by atoms with Crippen LogP contribution in [-0.4, -0.2) is 19.6 Å². The van der Waals surface area contributed by atoms with E-state index in [0.29, 0.717) is 0 Å². The van der Waals surface area contributed by atoms with Crippen LogP contribution < -0.4 is 0 Å². The van der Waals surface area contributed by atoms with Gasteiger partial charge in [-0.15, -0.1) is 0 Å². The van der Waals surface area contributed by atoms with Crippen molar-refractivity contribution in [2.45, 2.75) is 19.8 Å². The monoisotopic (exact) mass is 253 g/mol. The van der Waals surface area contributed by atoms with Gasteiger partial charge in [-0.2, -0.15) is 0 Å². The first-order chi connectivity index (χ1) is 9.29. The molecule has 4 nitrogen and oxygen atoms in total. The quantitative estimate of drug-likeness (QED) is 0.780. The summed E-state index contributed by atoms with van der Waals surface area (Å²) in [5, 5.41) is 9.40. The van der Waals surface area contributed by atoms with Crippen molar-refractivity contribution in [2.24, 2.45) is 0 Å². The van der Waals surface area contributed by atoms with E-state index < -0.39 is 0 Å². The number of hydrogen-bond acceptors (Lipinski definition) is 3. The summed E-state index contributed by atoms with van der Waals surface area (Å²) in [6.45, 7) is 2.13. The zero-order valence-corrected chi connectivity index (χ0v) is 10.7. The first-order valence-electron chi connectivity index (χ1n) is 6.41. The highest BCUT2D eigenvalue weighted by atomic mass is 16.3. The van der Waals surface area contributed by atoms with E-state index in [2.05, 4.69) is 21.5 Å². The van der Waals surface area contributed by atoms with Crippen molar-refractivity contribution in [3.8, 4) is 11.4 Å². The number of hydrogen-bond donors (Lipinski definition) is 1. The maximum Gasteiger partial charge on any atom is 0.164 e. The van der Waals surface area contributed by atoms with Gasteiger partial charge in [-0.1, -0.05) is 6.92 Å². The molecule has 0 amide bonds. The fraction of sp³-hybridized carbons (Fsp3) is 0.200. The van der Waals surface area contributed by atoms with E-state index in [1.807, 2.05) is 24.3 Å². The van der Waals surface area contributed by atoms with E-state index >= 15 is 0 Å². The number of imidazole rings is 1. The molecule has 2 aromatic heterocycles. The molecule has 0 fully saturated rings. The standard InChI is InChI=1S/C15H15N3O/c1-2-4-14-17-13-5-3-10-16-15(13)18(14)11-6-8-12(19)9-7-11/h3,5-10,19H,2,4H2,1H3. The molecular formula is C15H15N3O. The Morgan fingerprint density at radius 2 is 1.95 bits per heavy atom. The topological polar surface area (TPSA) is 50.9 Å². The van der Waals surface area contributed by atoms with Crippen LogP contribution in [-0.2, 0) is 6.42 Å². The lowest BCUT2D eigenvalue weighted by atomic mass is 10.2. The number of aromatic hydroxyl groups is 1. The second kappa shape index (κ2) is 4.72. The van der Waals surface area contributed by atoms with Crippen LogP contribution in [0, 0.1) is 0 Å². The van der Waals surface area contributed by atoms with Crippen LogP contribution in [0.4, 0.5) is 0 Å². The Morgan fingerprint density at radius 3 is 2.68 bits per heavy atom. The van der Waals surface area contributed by atoms with Crippen molar-refractivity contribution < 1.29 is 5.11 Å². The number of phenols is 1. The molecule has 0 bridgehead atoms. The highest BCUT2D eigenvalue weighted by Gasteiger charge is 2.12. The molecular weight excluding hydrogens is 238 g/mol. The molecule has 3 aromatic rings. The Kier molecular flexibility index (Phi) is 2.91. The van der Waals surface area contributed by atoms with Gasteiger partial charge in [-0.3, -0.25) is 4.57 Å². The van der Waals surface area contributed by atoms with Crippen molar-refractivity contribution in [1.82, 2.24) is 14.5 Å². The van der Waals surface area contributed by atoms with E-state index in [9.17, 15) is 5.11 Å². The molecule has 0 saturated heterocycles. The lowest BCUT2D eigenvalue weighted by molar-refractivity contribution is 0.475. The van der Waals surface area contributed by atoms with Gasteiger partial charge in [0.1, 0.15) is 17.1 Å². The van der Waals surface area contributed by atoms with E-state index in [-0.39, 0.29) is 5.75 Å². The summed E-state index contributed by atoms with van der Waals surface area (Å²) in [4.78, 5) is 9.06. The Bertz CT molecular complexity index is 701. The second-order valence-corrected chi connectivity index (χ2v) is 4.48. The maximum atomic E-state index is 9.40. The fourth-order valence-corrected chi connectivity index (χ4v) is 2.22. The molecule has 0 atom stereocenters. The van der Waals surface area contributed by atoms with Crippen molar-refractivity contribution in [2.75, 3.05) is 0 Å². The molecule has 19 heavy (non-hydrogen) atoms. The summed E-state index contributed by atoms with van der Waals surface area (Å²) in [5.74, 6) is 1.26. The minimum atomic E-state index is 0.262.